The van der Waals surface area contributed by atoms with E-state index in [9.17, 15) is 4.79 Å². The molecule has 0 radical (unpaired) electrons. The normalized spacial score (nSPS) is 11.1. The van der Waals surface area contributed by atoms with Crippen LogP contribution in [0.2, 0.25) is 0 Å². The number of amides is 1. The Morgan fingerprint density at radius 3 is 2.30 bits per heavy atom. The lowest BCUT2D eigenvalue weighted by Gasteiger charge is -2.03. The maximum atomic E-state index is 10.3. The summed E-state index contributed by atoms with van der Waals surface area (Å²) in [5, 5.41) is 0. The molecule has 2 N–H and O–H groups in total. The van der Waals surface area contributed by atoms with Gasteiger partial charge in [-0.05, 0) is 24.8 Å². The summed E-state index contributed by atoms with van der Waals surface area (Å²) in [5.41, 5.74) is 4.92. The number of primary amides is 1. The SMILES string of the molecule is CCC(/C=C/C(N)=O)CC. The lowest BCUT2D eigenvalue weighted by molar-refractivity contribution is -0.113. The lowest BCUT2D eigenvalue weighted by atomic mass is 10.0. The molecular formula is C8H15NO. The highest BCUT2D eigenvalue weighted by Crippen LogP contribution is 2.07. The van der Waals surface area contributed by atoms with E-state index in [2.05, 4.69) is 13.8 Å². The first kappa shape index (κ1) is 9.21. The van der Waals surface area contributed by atoms with Crippen LogP contribution in [-0.2, 0) is 4.79 Å². The molecule has 1 amide bonds. The van der Waals surface area contributed by atoms with Gasteiger partial charge in [-0.1, -0.05) is 19.9 Å². The summed E-state index contributed by atoms with van der Waals surface area (Å²) in [5.74, 6) is 0.152. The zero-order valence-corrected chi connectivity index (χ0v) is 6.63. The van der Waals surface area contributed by atoms with Crippen molar-refractivity contribution in [2.75, 3.05) is 0 Å². The van der Waals surface area contributed by atoms with Gasteiger partial charge < -0.3 is 5.73 Å². The molecule has 0 aromatic heterocycles. The van der Waals surface area contributed by atoms with E-state index in [1.165, 1.54) is 6.08 Å². The third-order valence-corrected chi connectivity index (χ3v) is 1.58. The van der Waals surface area contributed by atoms with Crippen LogP contribution in [0.5, 0.6) is 0 Å². The smallest absolute Gasteiger partial charge is 0.241 e. The summed E-state index contributed by atoms with van der Waals surface area (Å²) >= 11 is 0. The molecule has 10 heavy (non-hydrogen) atoms. The van der Waals surface area contributed by atoms with Gasteiger partial charge in [0.25, 0.3) is 0 Å². The fourth-order valence-corrected chi connectivity index (χ4v) is 0.792. The Bertz CT molecular complexity index is 125. The summed E-state index contributed by atoms with van der Waals surface area (Å²) in [4.78, 5) is 10.3. The first-order valence-electron chi connectivity index (χ1n) is 3.68. The number of carbonyl (C=O) groups is 1. The number of rotatable bonds is 4. The molecule has 0 atom stereocenters. The average molecular weight is 141 g/mol. The number of hydrogen-bond acceptors (Lipinski definition) is 1. The zero-order chi connectivity index (χ0) is 7.98. The fourth-order valence-electron chi connectivity index (χ4n) is 0.792. The van der Waals surface area contributed by atoms with Crippen molar-refractivity contribution < 1.29 is 4.79 Å². The molecule has 0 rings (SSSR count). The monoisotopic (exact) mass is 141 g/mol. The first-order chi connectivity index (χ1) is 4.70. The van der Waals surface area contributed by atoms with E-state index in [1.54, 1.807) is 0 Å². The van der Waals surface area contributed by atoms with Gasteiger partial charge in [-0.15, -0.1) is 0 Å². The predicted octanol–water partition coefficient (Wildman–Crippen LogP) is 1.46. The van der Waals surface area contributed by atoms with E-state index in [-0.39, 0.29) is 5.91 Å². The molecule has 0 saturated carbocycles. The van der Waals surface area contributed by atoms with Gasteiger partial charge in [0.2, 0.25) is 5.91 Å². The Hall–Kier alpha value is -0.790. The minimum atomic E-state index is -0.355. The van der Waals surface area contributed by atoms with Crippen LogP contribution < -0.4 is 5.73 Å². The van der Waals surface area contributed by atoms with Gasteiger partial charge in [0, 0.05) is 0 Å². The molecule has 2 heteroatoms. The van der Waals surface area contributed by atoms with E-state index in [4.69, 9.17) is 5.73 Å². The molecule has 0 saturated heterocycles. The van der Waals surface area contributed by atoms with Crippen LogP contribution in [-0.4, -0.2) is 5.91 Å². The Labute approximate surface area is 62.1 Å². The molecule has 0 aromatic rings. The number of allylic oxidation sites excluding steroid dienone is 1. The fraction of sp³-hybridized carbons (Fsp3) is 0.625. The third kappa shape index (κ3) is 4.13. The van der Waals surface area contributed by atoms with E-state index in [1.807, 2.05) is 6.08 Å². The van der Waals surface area contributed by atoms with E-state index < -0.39 is 0 Å². The van der Waals surface area contributed by atoms with Crippen molar-refractivity contribution in [3.63, 3.8) is 0 Å². The van der Waals surface area contributed by atoms with Gasteiger partial charge >= 0.3 is 0 Å². The third-order valence-electron chi connectivity index (χ3n) is 1.58. The highest BCUT2D eigenvalue weighted by Gasteiger charge is 1.96. The Kier molecular flexibility index (Phi) is 4.63. The summed E-state index contributed by atoms with van der Waals surface area (Å²) in [6.07, 6.45) is 5.46. The van der Waals surface area contributed by atoms with Crippen molar-refractivity contribution in [1.29, 1.82) is 0 Å². The molecule has 0 unspecified atom stereocenters. The van der Waals surface area contributed by atoms with Crippen LogP contribution >= 0.6 is 0 Å². The minimum absolute atomic E-state index is 0.355. The lowest BCUT2D eigenvalue weighted by Crippen LogP contribution is -2.06. The molecule has 0 spiro atoms. The molecule has 0 heterocycles. The van der Waals surface area contributed by atoms with Crippen molar-refractivity contribution >= 4 is 5.91 Å². The maximum absolute atomic E-state index is 10.3. The summed E-state index contributed by atoms with van der Waals surface area (Å²) in [7, 11) is 0. The second-order valence-corrected chi connectivity index (χ2v) is 2.34. The molecule has 0 bridgehead atoms. The minimum Gasteiger partial charge on any atom is -0.366 e. The van der Waals surface area contributed by atoms with Crippen LogP contribution in [0.4, 0.5) is 0 Å². The standard InChI is InChI=1S/C8H15NO/c1-3-7(4-2)5-6-8(9)10/h5-7H,3-4H2,1-2H3,(H2,9,10)/b6-5+. The van der Waals surface area contributed by atoms with Gasteiger partial charge in [0.1, 0.15) is 0 Å². The predicted molar refractivity (Wildman–Crippen MR) is 42.4 cm³/mol. The van der Waals surface area contributed by atoms with Crippen molar-refractivity contribution in [3.8, 4) is 0 Å². The highest BCUT2D eigenvalue weighted by molar-refractivity contribution is 5.85. The van der Waals surface area contributed by atoms with Crippen LogP contribution in [0.1, 0.15) is 26.7 Å². The van der Waals surface area contributed by atoms with Gasteiger partial charge in [-0.3, -0.25) is 4.79 Å². The summed E-state index contributed by atoms with van der Waals surface area (Å²) in [6.45, 7) is 4.19. The zero-order valence-electron chi connectivity index (χ0n) is 6.63. The molecule has 58 valence electrons. The molecule has 0 aliphatic rings. The van der Waals surface area contributed by atoms with E-state index in [0.717, 1.165) is 12.8 Å². The number of nitrogens with two attached hydrogens (primary N) is 1. The topological polar surface area (TPSA) is 43.1 Å². The van der Waals surface area contributed by atoms with Gasteiger partial charge in [-0.2, -0.15) is 0 Å². The Morgan fingerprint density at radius 2 is 2.00 bits per heavy atom. The average Bonchev–Trinajstić information content (AvgIpc) is 1.90. The van der Waals surface area contributed by atoms with Crippen molar-refractivity contribution in [2.24, 2.45) is 11.7 Å². The summed E-state index contributed by atoms with van der Waals surface area (Å²) in [6, 6.07) is 0. The Morgan fingerprint density at radius 1 is 1.50 bits per heavy atom. The first-order valence-corrected chi connectivity index (χ1v) is 3.68. The van der Waals surface area contributed by atoms with Crippen LogP contribution in [0.3, 0.4) is 0 Å². The van der Waals surface area contributed by atoms with Crippen molar-refractivity contribution in [1.82, 2.24) is 0 Å². The van der Waals surface area contributed by atoms with Crippen LogP contribution in [0.15, 0.2) is 12.2 Å². The van der Waals surface area contributed by atoms with E-state index >= 15 is 0 Å². The molecule has 0 fully saturated rings. The molecular weight excluding hydrogens is 126 g/mol. The van der Waals surface area contributed by atoms with Crippen molar-refractivity contribution in [2.45, 2.75) is 26.7 Å². The molecule has 0 aliphatic heterocycles. The van der Waals surface area contributed by atoms with Gasteiger partial charge in [-0.25, -0.2) is 0 Å². The van der Waals surface area contributed by atoms with Crippen molar-refractivity contribution in [3.05, 3.63) is 12.2 Å². The summed E-state index contributed by atoms with van der Waals surface area (Å²) < 4.78 is 0. The highest BCUT2D eigenvalue weighted by atomic mass is 16.1. The van der Waals surface area contributed by atoms with Gasteiger partial charge in [0.05, 0.1) is 0 Å². The van der Waals surface area contributed by atoms with E-state index in [0.29, 0.717) is 5.92 Å². The molecule has 0 aromatic carbocycles. The van der Waals surface area contributed by atoms with Gasteiger partial charge in [0.15, 0.2) is 0 Å². The number of carbonyl (C=O) groups excluding carboxylic acids is 1. The quantitative estimate of drug-likeness (QED) is 0.592. The second-order valence-electron chi connectivity index (χ2n) is 2.34. The molecule has 2 nitrogen and oxygen atoms in total. The maximum Gasteiger partial charge on any atom is 0.241 e. The van der Waals surface area contributed by atoms with Crippen LogP contribution in [0, 0.1) is 5.92 Å². The second kappa shape index (κ2) is 5.03. The van der Waals surface area contributed by atoms with Crippen LogP contribution in [0.25, 0.3) is 0 Å². The Balaban J connectivity index is 3.72. The molecule has 0 aliphatic carbocycles. The largest absolute Gasteiger partial charge is 0.366 e. The number of hydrogen-bond donors (Lipinski definition) is 1.